The molecular formula is C27H23Cl3N4O3. The SMILES string of the molecule is CCCCc1ccc(NC(=O)C(=O)Nn2c(C(=O)Nc3ccc(Cl)cc3Cl)cc3cc(Cl)ccc32)cc1. The summed E-state index contributed by atoms with van der Waals surface area (Å²) in [7, 11) is 0. The van der Waals surface area contributed by atoms with Crippen LogP contribution in [0.25, 0.3) is 10.9 Å². The average molecular weight is 558 g/mol. The fourth-order valence-corrected chi connectivity index (χ4v) is 4.36. The number of unbranched alkanes of at least 4 members (excludes halogenated alkanes) is 1. The predicted molar refractivity (Wildman–Crippen MR) is 149 cm³/mol. The normalized spacial score (nSPS) is 10.8. The fourth-order valence-electron chi connectivity index (χ4n) is 3.73. The van der Waals surface area contributed by atoms with Gasteiger partial charge in [-0.05, 0) is 73.0 Å². The number of hydrogen-bond acceptors (Lipinski definition) is 3. The van der Waals surface area contributed by atoms with Crippen LogP contribution in [0, 0.1) is 0 Å². The van der Waals surface area contributed by atoms with Gasteiger partial charge in [0, 0.05) is 21.1 Å². The summed E-state index contributed by atoms with van der Waals surface area (Å²) in [4.78, 5) is 38.6. The van der Waals surface area contributed by atoms with Crippen molar-refractivity contribution >= 4 is 74.8 Å². The second kappa shape index (κ2) is 11.7. The minimum absolute atomic E-state index is 0.0599. The van der Waals surface area contributed by atoms with Crippen molar-refractivity contribution in [1.29, 1.82) is 0 Å². The smallest absolute Gasteiger partial charge is 0.319 e. The van der Waals surface area contributed by atoms with Crippen molar-refractivity contribution in [2.45, 2.75) is 26.2 Å². The van der Waals surface area contributed by atoms with Gasteiger partial charge in [-0.1, -0.05) is 60.3 Å². The number of anilines is 2. The van der Waals surface area contributed by atoms with Gasteiger partial charge in [-0.25, -0.2) is 4.68 Å². The number of carbonyl (C=O) groups excluding carboxylic acids is 3. The first kappa shape index (κ1) is 26.5. The molecule has 0 fully saturated rings. The van der Waals surface area contributed by atoms with E-state index in [1.807, 2.05) is 12.1 Å². The Morgan fingerprint density at radius 3 is 2.22 bits per heavy atom. The number of fused-ring (bicyclic) bond motifs is 1. The van der Waals surface area contributed by atoms with Crippen molar-refractivity contribution in [1.82, 2.24) is 4.68 Å². The summed E-state index contributed by atoms with van der Waals surface area (Å²) < 4.78 is 1.24. The third kappa shape index (κ3) is 6.43. The maximum absolute atomic E-state index is 13.2. The summed E-state index contributed by atoms with van der Waals surface area (Å²) >= 11 is 18.2. The van der Waals surface area contributed by atoms with Gasteiger partial charge in [0.05, 0.1) is 16.2 Å². The highest BCUT2D eigenvalue weighted by atomic mass is 35.5. The van der Waals surface area contributed by atoms with Gasteiger partial charge >= 0.3 is 11.8 Å². The molecule has 0 aliphatic rings. The number of nitrogens with zero attached hydrogens (tertiary/aromatic N) is 1. The van der Waals surface area contributed by atoms with Gasteiger partial charge in [0.2, 0.25) is 0 Å². The van der Waals surface area contributed by atoms with Crippen LogP contribution in [0.1, 0.15) is 35.8 Å². The van der Waals surface area contributed by atoms with Crippen LogP contribution in [-0.2, 0) is 16.0 Å². The lowest BCUT2D eigenvalue weighted by molar-refractivity contribution is -0.133. The number of benzene rings is 3. The number of hydrogen-bond donors (Lipinski definition) is 3. The van der Waals surface area contributed by atoms with Crippen molar-refractivity contribution in [2.24, 2.45) is 0 Å². The maximum Gasteiger partial charge on any atom is 0.328 e. The van der Waals surface area contributed by atoms with E-state index in [1.54, 1.807) is 48.5 Å². The molecule has 4 aromatic rings. The Labute approximate surface area is 228 Å². The standard InChI is InChI=1S/C27H23Cl3N4O3/c1-2-3-4-16-5-9-20(10-6-16)31-26(36)27(37)33-34-23-12-8-18(28)13-17(23)14-24(34)25(35)32-22-11-7-19(29)15-21(22)30/h5-15H,2-4H2,1H3,(H,31,36)(H,32,35)(H,33,37). The number of aromatic nitrogens is 1. The molecule has 0 radical (unpaired) electrons. The average Bonchev–Trinajstić information content (AvgIpc) is 3.22. The molecule has 0 saturated heterocycles. The van der Waals surface area contributed by atoms with Gasteiger partial charge in [0.25, 0.3) is 5.91 Å². The van der Waals surface area contributed by atoms with Crippen LogP contribution in [0.5, 0.6) is 0 Å². The third-order valence-corrected chi connectivity index (χ3v) is 6.41. The number of nitrogens with one attached hydrogen (secondary N) is 3. The number of amides is 3. The Morgan fingerprint density at radius 1 is 0.811 bits per heavy atom. The molecule has 37 heavy (non-hydrogen) atoms. The van der Waals surface area contributed by atoms with Crippen LogP contribution >= 0.6 is 34.8 Å². The lowest BCUT2D eigenvalue weighted by Gasteiger charge is -2.13. The Hall–Kier alpha value is -3.52. The molecule has 0 aliphatic heterocycles. The lowest BCUT2D eigenvalue weighted by atomic mass is 10.1. The molecule has 0 atom stereocenters. The minimum atomic E-state index is -0.957. The number of halogens is 3. The van der Waals surface area contributed by atoms with Crippen LogP contribution in [-0.4, -0.2) is 22.4 Å². The molecule has 4 rings (SSSR count). The van der Waals surface area contributed by atoms with Gasteiger partial charge in [-0.3, -0.25) is 19.8 Å². The van der Waals surface area contributed by atoms with Crippen molar-refractivity contribution in [3.63, 3.8) is 0 Å². The van der Waals surface area contributed by atoms with E-state index in [9.17, 15) is 14.4 Å². The molecule has 10 heteroatoms. The van der Waals surface area contributed by atoms with Crippen molar-refractivity contribution in [2.75, 3.05) is 16.1 Å². The summed E-state index contributed by atoms with van der Waals surface area (Å²) in [6, 6.07) is 18.4. The van der Waals surface area contributed by atoms with Gasteiger partial charge in [0.1, 0.15) is 5.69 Å². The zero-order valence-electron chi connectivity index (χ0n) is 19.8. The molecule has 0 unspecified atom stereocenters. The monoisotopic (exact) mass is 556 g/mol. The van der Waals surface area contributed by atoms with Crippen LogP contribution < -0.4 is 16.1 Å². The zero-order valence-corrected chi connectivity index (χ0v) is 22.0. The largest absolute Gasteiger partial charge is 0.328 e. The molecule has 3 N–H and O–H groups in total. The lowest BCUT2D eigenvalue weighted by Crippen LogP contribution is -2.36. The van der Waals surface area contributed by atoms with Crippen LogP contribution in [0.2, 0.25) is 15.1 Å². The van der Waals surface area contributed by atoms with Crippen molar-refractivity contribution in [3.8, 4) is 0 Å². The Morgan fingerprint density at radius 2 is 1.51 bits per heavy atom. The molecule has 1 heterocycles. The van der Waals surface area contributed by atoms with E-state index in [0.29, 0.717) is 32.3 Å². The topological polar surface area (TPSA) is 92.2 Å². The highest BCUT2D eigenvalue weighted by molar-refractivity contribution is 6.42. The van der Waals surface area contributed by atoms with Gasteiger partial charge in [0.15, 0.2) is 0 Å². The molecule has 190 valence electrons. The fraction of sp³-hybridized carbons (Fsp3) is 0.148. The molecule has 0 bridgehead atoms. The van der Waals surface area contributed by atoms with E-state index in [1.165, 1.54) is 10.7 Å². The predicted octanol–water partition coefficient (Wildman–Crippen LogP) is 6.91. The molecule has 7 nitrogen and oxygen atoms in total. The van der Waals surface area contributed by atoms with Gasteiger partial charge < -0.3 is 10.6 Å². The second-order valence-corrected chi connectivity index (χ2v) is 9.62. The molecule has 1 aromatic heterocycles. The van der Waals surface area contributed by atoms with E-state index in [2.05, 4.69) is 23.0 Å². The summed E-state index contributed by atoms with van der Waals surface area (Å²) in [6.07, 6.45) is 3.11. The van der Waals surface area contributed by atoms with Gasteiger partial charge in [-0.2, -0.15) is 0 Å². The van der Waals surface area contributed by atoms with E-state index in [0.717, 1.165) is 24.8 Å². The molecule has 0 aliphatic carbocycles. The Balaban J connectivity index is 1.56. The molecule has 3 amide bonds. The highest BCUT2D eigenvalue weighted by Gasteiger charge is 2.22. The molecule has 0 spiro atoms. The van der Waals surface area contributed by atoms with Crippen LogP contribution in [0.15, 0.2) is 66.7 Å². The third-order valence-electron chi connectivity index (χ3n) is 5.63. The maximum atomic E-state index is 13.2. The van der Waals surface area contributed by atoms with Crippen LogP contribution in [0.3, 0.4) is 0 Å². The van der Waals surface area contributed by atoms with Crippen molar-refractivity contribution in [3.05, 3.63) is 93.1 Å². The minimum Gasteiger partial charge on any atom is -0.319 e. The first-order valence-electron chi connectivity index (χ1n) is 11.5. The number of carbonyl (C=O) groups is 3. The quantitative estimate of drug-likeness (QED) is 0.216. The van der Waals surface area contributed by atoms with Gasteiger partial charge in [-0.15, -0.1) is 0 Å². The zero-order chi connectivity index (χ0) is 26.5. The molecule has 3 aromatic carbocycles. The number of rotatable bonds is 7. The van der Waals surface area contributed by atoms with Crippen LogP contribution in [0.4, 0.5) is 11.4 Å². The van der Waals surface area contributed by atoms with E-state index in [4.69, 9.17) is 34.8 Å². The molecule has 0 saturated carbocycles. The second-order valence-electron chi connectivity index (χ2n) is 8.34. The summed E-state index contributed by atoms with van der Waals surface area (Å²) in [5.74, 6) is -2.41. The van der Waals surface area contributed by atoms with E-state index < -0.39 is 17.7 Å². The Bertz CT molecular complexity index is 1480. The first-order chi connectivity index (χ1) is 17.7. The van der Waals surface area contributed by atoms with E-state index >= 15 is 0 Å². The summed E-state index contributed by atoms with van der Waals surface area (Å²) in [5.41, 5.74) is 5.01. The Kier molecular flexibility index (Phi) is 8.38. The summed E-state index contributed by atoms with van der Waals surface area (Å²) in [6.45, 7) is 2.12. The highest BCUT2D eigenvalue weighted by Crippen LogP contribution is 2.27. The number of aryl methyl sites for hydroxylation is 1. The molecular weight excluding hydrogens is 535 g/mol. The van der Waals surface area contributed by atoms with E-state index in [-0.39, 0.29) is 10.7 Å². The first-order valence-corrected chi connectivity index (χ1v) is 12.7. The van der Waals surface area contributed by atoms with Crippen molar-refractivity contribution < 1.29 is 14.4 Å². The summed E-state index contributed by atoms with van der Waals surface area (Å²) in [5, 5.41) is 6.97.